The summed E-state index contributed by atoms with van der Waals surface area (Å²) < 4.78 is 0. The van der Waals surface area contributed by atoms with E-state index in [1.165, 1.54) is 0 Å². The Morgan fingerprint density at radius 1 is 1.50 bits per heavy atom. The topological polar surface area (TPSA) is 88.9 Å². The first-order chi connectivity index (χ1) is 6.22. The van der Waals surface area contributed by atoms with Crippen molar-refractivity contribution in [1.82, 2.24) is 0 Å². The van der Waals surface area contributed by atoms with Gasteiger partial charge >= 0.3 is 29.6 Å². The van der Waals surface area contributed by atoms with Gasteiger partial charge < -0.3 is 9.90 Å². The first-order valence-corrected chi connectivity index (χ1v) is 4.47. The van der Waals surface area contributed by atoms with Crippen molar-refractivity contribution in [2.24, 2.45) is 5.11 Å². The summed E-state index contributed by atoms with van der Waals surface area (Å²) in [5.74, 6) is -1.28. The Hall–Kier alpha value is -0.220. The molecule has 0 rings (SSSR count). The molecule has 1 atom stereocenters. The Balaban J connectivity index is 0. The van der Waals surface area contributed by atoms with E-state index in [0.717, 1.165) is 25.7 Å². The molecule has 74 valence electrons. The Morgan fingerprint density at radius 2 is 2.14 bits per heavy atom. The van der Waals surface area contributed by atoms with Gasteiger partial charge in [0.15, 0.2) is 0 Å². The van der Waals surface area contributed by atoms with Gasteiger partial charge in [0.1, 0.15) is 0 Å². The molecule has 5 nitrogen and oxygen atoms in total. The number of azide groups is 1. The molecule has 14 heavy (non-hydrogen) atoms. The van der Waals surface area contributed by atoms with Crippen LogP contribution in [0.25, 0.3) is 10.4 Å². The minimum absolute atomic E-state index is 0. The maximum absolute atomic E-state index is 10.4. The van der Waals surface area contributed by atoms with E-state index in [9.17, 15) is 9.90 Å². The Morgan fingerprint density at radius 3 is 2.57 bits per heavy atom. The van der Waals surface area contributed by atoms with Gasteiger partial charge in [-0.25, -0.2) is 0 Å². The van der Waals surface area contributed by atoms with Gasteiger partial charge in [0.25, 0.3) is 0 Å². The van der Waals surface area contributed by atoms with Crippen LogP contribution in [0.2, 0.25) is 0 Å². The number of rotatable bonds is 7. The maximum Gasteiger partial charge on any atom is 1.00 e. The number of unbranched alkanes of at least 4 members (excludes halogenated alkanes) is 3. The molecule has 0 saturated heterocycles. The fourth-order valence-corrected chi connectivity index (χ4v) is 1.05. The van der Waals surface area contributed by atoms with E-state index in [2.05, 4.69) is 16.9 Å². The Kier molecular flexibility index (Phi) is 12.6. The van der Waals surface area contributed by atoms with E-state index >= 15 is 0 Å². The van der Waals surface area contributed by atoms with Crippen LogP contribution < -0.4 is 34.7 Å². The number of hydrogen-bond acceptors (Lipinski definition) is 3. The number of carboxylic acid groups (broad SMARTS) is 1. The molecule has 0 aliphatic rings. The normalized spacial score (nSPS) is 10.9. The van der Waals surface area contributed by atoms with Crippen molar-refractivity contribution in [3.63, 3.8) is 0 Å². The van der Waals surface area contributed by atoms with E-state index in [1.807, 2.05) is 0 Å². The van der Waals surface area contributed by atoms with Gasteiger partial charge in [0, 0.05) is 4.91 Å². The molecular weight excluding hydrogens is 193 g/mol. The van der Waals surface area contributed by atoms with Crippen molar-refractivity contribution >= 4 is 5.97 Å². The van der Waals surface area contributed by atoms with Gasteiger partial charge in [0.05, 0.1) is 12.0 Å². The second-order valence-corrected chi connectivity index (χ2v) is 2.89. The molecule has 0 saturated carbocycles. The molecule has 0 aromatic heterocycles. The number of aliphatic carboxylic acids is 1. The molecule has 0 aliphatic carbocycles. The third-order valence-corrected chi connectivity index (χ3v) is 1.79. The van der Waals surface area contributed by atoms with E-state index in [4.69, 9.17) is 5.53 Å². The first kappa shape index (κ1) is 16.2. The van der Waals surface area contributed by atoms with Crippen LogP contribution in [0.5, 0.6) is 0 Å². The molecule has 0 spiro atoms. The average molecular weight is 207 g/mol. The van der Waals surface area contributed by atoms with Gasteiger partial charge in [-0.1, -0.05) is 37.7 Å². The van der Waals surface area contributed by atoms with Crippen LogP contribution in [0, 0.1) is 0 Å². The summed E-state index contributed by atoms with van der Waals surface area (Å²) in [6.45, 7) is 2.07. The minimum atomic E-state index is -1.28. The molecule has 0 heterocycles. The van der Waals surface area contributed by atoms with Gasteiger partial charge in [0.2, 0.25) is 0 Å². The number of carbonyl (C=O) groups is 1. The number of hydrogen-bond donors (Lipinski definition) is 0. The second kappa shape index (κ2) is 10.9. The van der Waals surface area contributed by atoms with Crippen molar-refractivity contribution in [3.8, 4) is 0 Å². The van der Waals surface area contributed by atoms with Crippen LogP contribution in [0.4, 0.5) is 0 Å². The van der Waals surface area contributed by atoms with Crippen molar-refractivity contribution in [2.75, 3.05) is 0 Å². The van der Waals surface area contributed by atoms with Crippen LogP contribution in [0.1, 0.15) is 39.0 Å². The van der Waals surface area contributed by atoms with Gasteiger partial charge in [-0.2, -0.15) is 0 Å². The minimum Gasteiger partial charge on any atom is -0.550 e. The summed E-state index contributed by atoms with van der Waals surface area (Å²) in [6, 6.07) is -0.998. The zero-order chi connectivity index (χ0) is 10.1. The molecule has 1 unspecified atom stereocenters. The van der Waals surface area contributed by atoms with Crippen LogP contribution >= 0.6 is 0 Å². The summed E-state index contributed by atoms with van der Waals surface area (Å²) in [7, 11) is 0. The second-order valence-electron chi connectivity index (χ2n) is 2.89. The third kappa shape index (κ3) is 8.38. The third-order valence-electron chi connectivity index (χ3n) is 1.79. The van der Waals surface area contributed by atoms with E-state index in [0.29, 0.717) is 6.42 Å². The number of carbonyl (C=O) groups excluding carboxylic acids is 1. The zero-order valence-electron chi connectivity index (χ0n) is 8.77. The fraction of sp³-hybridized carbons (Fsp3) is 0.875. The maximum atomic E-state index is 10.4. The largest absolute Gasteiger partial charge is 1.00 e. The summed E-state index contributed by atoms with van der Waals surface area (Å²) >= 11 is 0. The van der Waals surface area contributed by atoms with E-state index in [-0.39, 0.29) is 29.6 Å². The Labute approximate surface area is 106 Å². The molecule has 0 aliphatic heterocycles. The molecule has 0 aromatic rings. The molecule has 0 bridgehead atoms. The summed E-state index contributed by atoms with van der Waals surface area (Å²) in [5, 5.41) is 13.5. The predicted octanol–water partition coefficient (Wildman–Crippen LogP) is -1.61. The quantitative estimate of drug-likeness (QED) is 0.165. The van der Waals surface area contributed by atoms with Crippen LogP contribution in [-0.2, 0) is 4.79 Å². The number of carboxylic acids is 1. The SMILES string of the molecule is CCCCCCC(N=[N+]=[N-])C(=O)[O-].[Na+]. The molecule has 0 amide bonds. The molecule has 0 radical (unpaired) electrons. The average Bonchev–Trinajstić information content (AvgIpc) is 2.10. The van der Waals surface area contributed by atoms with Gasteiger partial charge in [-0.05, 0) is 12.0 Å². The number of nitrogens with zero attached hydrogens (tertiary/aromatic N) is 3. The van der Waals surface area contributed by atoms with Crippen molar-refractivity contribution < 1.29 is 39.5 Å². The summed E-state index contributed by atoms with van der Waals surface area (Å²) in [6.07, 6.45) is 4.30. The van der Waals surface area contributed by atoms with Crippen molar-refractivity contribution in [1.29, 1.82) is 0 Å². The van der Waals surface area contributed by atoms with E-state index < -0.39 is 12.0 Å². The molecular formula is C8H14N3NaO2. The Bertz CT molecular complexity index is 203. The van der Waals surface area contributed by atoms with Crippen LogP contribution in [0.15, 0.2) is 5.11 Å². The molecule has 6 heteroatoms. The monoisotopic (exact) mass is 207 g/mol. The van der Waals surface area contributed by atoms with Crippen molar-refractivity contribution in [3.05, 3.63) is 10.4 Å². The fourth-order valence-electron chi connectivity index (χ4n) is 1.05. The summed E-state index contributed by atoms with van der Waals surface area (Å²) in [4.78, 5) is 12.8. The zero-order valence-corrected chi connectivity index (χ0v) is 10.8. The van der Waals surface area contributed by atoms with E-state index in [1.54, 1.807) is 0 Å². The molecule has 0 aromatic carbocycles. The van der Waals surface area contributed by atoms with Crippen LogP contribution in [0.3, 0.4) is 0 Å². The van der Waals surface area contributed by atoms with Gasteiger partial charge in [-0.15, -0.1) is 0 Å². The predicted molar refractivity (Wildman–Crippen MR) is 46.7 cm³/mol. The molecule has 0 fully saturated rings. The smallest absolute Gasteiger partial charge is 0.550 e. The summed E-state index contributed by atoms with van der Waals surface area (Å²) in [5.41, 5.74) is 8.06. The van der Waals surface area contributed by atoms with Gasteiger partial charge in [-0.3, -0.25) is 0 Å². The first-order valence-electron chi connectivity index (χ1n) is 4.47. The van der Waals surface area contributed by atoms with Crippen molar-refractivity contribution in [2.45, 2.75) is 45.1 Å². The molecule has 0 N–H and O–H groups in total. The van der Waals surface area contributed by atoms with Crippen LogP contribution in [-0.4, -0.2) is 12.0 Å². The standard InChI is InChI=1S/C8H15N3O2.Na/c1-2-3-4-5-6-7(8(12)13)10-11-9;/h7H,2-6H2,1H3,(H,12,13);/q;+1/p-1.